The third-order valence-electron chi connectivity index (χ3n) is 3.33. The van der Waals surface area contributed by atoms with Crippen LogP contribution in [0.5, 0.6) is 5.75 Å². The highest BCUT2D eigenvalue weighted by Crippen LogP contribution is 2.29. The maximum Gasteiger partial charge on any atom is 0.310 e. The van der Waals surface area contributed by atoms with Gasteiger partial charge in [0, 0.05) is 11.1 Å². The summed E-state index contributed by atoms with van der Waals surface area (Å²) in [5, 5.41) is 0. The van der Waals surface area contributed by atoms with Gasteiger partial charge in [0.25, 0.3) is 0 Å². The number of halogens is 1. The predicted octanol–water partition coefficient (Wildman–Crippen LogP) is 2.98. The summed E-state index contributed by atoms with van der Waals surface area (Å²) < 4.78 is 29.3. The van der Waals surface area contributed by atoms with Crippen LogP contribution >= 0.6 is 0 Å². The van der Waals surface area contributed by atoms with Crippen molar-refractivity contribution < 1.29 is 23.4 Å². The monoisotopic (exact) mass is 302 g/mol. The fourth-order valence-corrected chi connectivity index (χ4v) is 2.34. The molecule has 0 spiro atoms. The molecule has 1 aliphatic heterocycles. The molecule has 4 nitrogen and oxygen atoms in total. The van der Waals surface area contributed by atoms with Gasteiger partial charge in [-0.05, 0) is 17.7 Å². The normalized spacial score (nSPS) is 13.1. The number of hydrogen-bond acceptors (Lipinski definition) is 4. The molecule has 114 valence electrons. The molecule has 2 aromatic rings. The first-order valence-electron chi connectivity index (χ1n) is 6.94. The number of rotatable bonds is 4. The lowest BCUT2D eigenvalue weighted by Gasteiger charge is -2.20. The van der Waals surface area contributed by atoms with E-state index in [1.165, 1.54) is 12.1 Å². The van der Waals surface area contributed by atoms with Crippen molar-refractivity contribution in [3.8, 4) is 5.75 Å². The van der Waals surface area contributed by atoms with Crippen molar-refractivity contribution in [1.82, 2.24) is 0 Å². The lowest BCUT2D eigenvalue weighted by molar-refractivity contribution is -0.144. The zero-order chi connectivity index (χ0) is 15.4. The van der Waals surface area contributed by atoms with Gasteiger partial charge in [0.1, 0.15) is 18.2 Å². The Morgan fingerprint density at radius 1 is 1.23 bits per heavy atom. The summed E-state index contributed by atoms with van der Waals surface area (Å²) in [4.78, 5) is 11.9. The molecule has 5 heteroatoms. The molecule has 0 amide bonds. The molecule has 1 aliphatic rings. The van der Waals surface area contributed by atoms with Crippen LogP contribution < -0.4 is 4.74 Å². The molecule has 0 bridgehead atoms. The Balaban J connectivity index is 1.66. The minimum absolute atomic E-state index is 0.0221. The Morgan fingerprint density at radius 3 is 2.86 bits per heavy atom. The molecule has 0 fully saturated rings. The molecule has 0 saturated carbocycles. The van der Waals surface area contributed by atoms with Gasteiger partial charge < -0.3 is 14.2 Å². The van der Waals surface area contributed by atoms with Gasteiger partial charge in [-0.1, -0.05) is 30.3 Å². The summed E-state index contributed by atoms with van der Waals surface area (Å²) in [6.45, 7) is 0.382. The van der Waals surface area contributed by atoms with E-state index >= 15 is 0 Å². The quantitative estimate of drug-likeness (QED) is 0.815. The summed E-state index contributed by atoms with van der Waals surface area (Å²) in [5.74, 6) is -0.224. The predicted molar refractivity (Wildman–Crippen MR) is 76.6 cm³/mol. The van der Waals surface area contributed by atoms with Gasteiger partial charge in [-0.15, -0.1) is 0 Å². The molecule has 22 heavy (non-hydrogen) atoms. The molecule has 1 heterocycles. The standard InChI is InChI=1S/C17H15FO4/c18-15-7-13-9-20-11-22-17(13)14(8-15)10-21-16(19)6-12-4-2-1-3-5-12/h1-5,7-8H,6,9-11H2. The maximum atomic E-state index is 13.6. The summed E-state index contributed by atoms with van der Waals surface area (Å²) in [7, 11) is 0. The maximum absolute atomic E-state index is 13.6. The second-order valence-corrected chi connectivity index (χ2v) is 4.99. The number of carbonyl (C=O) groups is 1. The Labute approximate surface area is 127 Å². The van der Waals surface area contributed by atoms with Crippen molar-refractivity contribution >= 4 is 5.97 Å². The smallest absolute Gasteiger partial charge is 0.310 e. The fourth-order valence-electron chi connectivity index (χ4n) is 2.34. The van der Waals surface area contributed by atoms with Crippen LogP contribution in [0.1, 0.15) is 16.7 Å². The minimum Gasteiger partial charge on any atom is -0.467 e. The van der Waals surface area contributed by atoms with Gasteiger partial charge in [-0.2, -0.15) is 0 Å². The molecule has 0 aliphatic carbocycles. The highest BCUT2D eigenvalue weighted by molar-refractivity contribution is 5.72. The van der Waals surface area contributed by atoms with Crippen molar-refractivity contribution in [2.75, 3.05) is 6.79 Å². The average molecular weight is 302 g/mol. The van der Waals surface area contributed by atoms with Crippen LogP contribution in [-0.4, -0.2) is 12.8 Å². The molecule has 0 atom stereocenters. The highest BCUT2D eigenvalue weighted by atomic mass is 19.1. The zero-order valence-electron chi connectivity index (χ0n) is 11.9. The number of hydrogen-bond donors (Lipinski definition) is 0. The van der Waals surface area contributed by atoms with Gasteiger partial charge in [-0.3, -0.25) is 4.79 Å². The van der Waals surface area contributed by atoms with Crippen LogP contribution in [0.15, 0.2) is 42.5 Å². The second kappa shape index (κ2) is 6.58. The van der Waals surface area contributed by atoms with Crippen LogP contribution in [0.25, 0.3) is 0 Å². The summed E-state index contributed by atoms with van der Waals surface area (Å²) in [6.07, 6.45) is 0.183. The van der Waals surface area contributed by atoms with Crippen molar-refractivity contribution in [2.45, 2.75) is 19.6 Å². The summed E-state index contributed by atoms with van der Waals surface area (Å²) in [5.41, 5.74) is 2.01. The Kier molecular flexibility index (Phi) is 4.34. The van der Waals surface area contributed by atoms with Crippen LogP contribution in [0.2, 0.25) is 0 Å². The van der Waals surface area contributed by atoms with Crippen LogP contribution in [0.3, 0.4) is 0 Å². The fraction of sp³-hybridized carbons (Fsp3) is 0.235. The SMILES string of the molecule is O=C(Cc1ccccc1)OCc1cc(F)cc2c1OCOC2. The first-order valence-corrected chi connectivity index (χ1v) is 6.94. The van der Waals surface area contributed by atoms with E-state index in [4.69, 9.17) is 14.2 Å². The summed E-state index contributed by atoms with van der Waals surface area (Å²) >= 11 is 0. The molecule has 3 rings (SSSR count). The van der Waals surface area contributed by atoms with E-state index < -0.39 is 5.82 Å². The number of esters is 1. The number of ether oxygens (including phenoxy) is 3. The first-order chi connectivity index (χ1) is 10.7. The van der Waals surface area contributed by atoms with E-state index in [0.717, 1.165) is 5.56 Å². The molecule has 0 unspecified atom stereocenters. The second-order valence-electron chi connectivity index (χ2n) is 4.99. The lowest BCUT2D eigenvalue weighted by Crippen LogP contribution is -2.15. The third-order valence-corrected chi connectivity index (χ3v) is 3.33. The Morgan fingerprint density at radius 2 is 2.05 bits per heavy atom. The van der Waals surface area contributed by atoms with Crippen LogP contribution in [0.4, 0.5) is 4.39 Å². The zero-order valence-corrected chi connectivity index (χ0v) is 11.9. The van der Waals surface area contributed by atoms with Crippen molar-refractivity contribution in [3.63, 3.8) is 0 Å². The van der Waals surface area contributed by atoms with Gasteiger partial charge in [0.05, 0.1) is 13.0 Å². The van der Waals surface area contributed by atoms with E-state index in [0.29, 0.717) is 16.9 Å². The lowest BCUT2D eigenvalue weighted by atomic mass is 10.1. The van der Waals surface area contributed by atoms with E-state index in [-0.39, 0.29) is 32.4 Å². The highest BCUT2D eigenvalue weighted by Gasteiger charge is 2.18. The number of benzene rings is 2. The molecule has 0 radical (unpaired) electrons. The average Bonchev–Trinajstić information content (AvgIpc) is 2.53. The molecule has 0 saturated heterocycles. The summed E-state index contributed by atoms with van der Waals surface area (Å²) in [6, 6.07) is 12.0. The van der Waals surface area contributed by atoms with Crippen LogP contribution in [0, 0.1) is 5.82 Å². The van der Waals surface area contributed by atoms with Crippen LogP contribution in [-0.2, 0) is 33.9 Å². The van der Waals surface area contributed by atoms with E-state index in [1.807, 2.05) is 30.3 Å². The van der Waals surface area contributed by atoms with Gasteiger partial charge in [0.15, 0.2) is 6.79 Å². The van der Waals surface area contributed by atoms with Gasteiger partial charge in [-0.25, -0.2) is 4.39 Å². The van der Waals surface area contributed by atoms with E-state index in [2.05, 4.69) is 0 Å². The molecule has 2 aromatic carbocycles. The molecule has 0 aromatic heterocycles. The third kappa shape index (κ3) is 3.43. The number of carbonyl (C=O) groups excluding carboxylic acids is 1. The first kappa shape index (κ1) is 14.5. The van der Waals surface area contributed by atoms with Gasteiger partial charge >= 0.3 is 5.97 Å². The van der Waals surface area contributed by atoms with E-state index in [1.54, 1.807) is 0 Å². The topological polar surface area (TPSA) is 44.8 Å². The molecular formula is C17H15FO4. The number of fused-ring (bicyclic) bond motifs is 1. The Hall–Kier alpha value is -2.40. The molecule has 0 N–H and O–H groups in total. The Bertz CT molecular complexity index is 670. The van der Waals surface area contributed by atoms with Crippen molar-refractivity contribution in [3.05, 3.63) is 65.0 Å². The molecular weight excluding hydrogens is 287 g/mol. The minimum atomic E-state index is -0.401. The largest absolute Gasteiger partial charge is 0.467 e. The van der Waals surface area contributed by atoms with E-state index in [9.17, 15) is 9.18 Å². The van der Waals surface area contributed by atoms with Gasteiger partial charge in [0.2, 0.25) is 0 Å². The van der Waals surface area contributed by atoms with Crippen molar-refractivity contribution in [1.29, 1.82) is 0 Å². The van der Waals surface area contributed by atoms with Crippen molar-refractivity contribution in [2.24, 2.45) is 0 Å².